The third-order valence-corrected chi connectivity index (χ3v) is 3.49. The van der Waals surface area contributed by atoms with Gasteiger partial charge in [-0.3, -0.25) is 4.79 Å². The first-order valence-corrected chi connectivity index (χ1v) is 7.25. The number of carbonyl (C=O) groups excluding carboxylic acids is 1. The summed E-state index contributed by atoms with van der Waals surface area (Å²) < 4.78 is 0. The zero-order valence-corrected chi connectivity index (χ0v) is 11.6. The molecule has 1 aliphatic heterocycles. The van der Waals surface area contributed by atoms with Crippen LogP contribution in [0.4, 0.5) is 23.0 Å². The normalized spacial score (nSPS) is 13.8. The lowest BCUT2D eigenvalue weighted by molar-refractivity contribution is -0.115. The summed E-state index contributed by atoms with van der Waals surface area (Å²) in [5.74, 6) is 0.943. The van der Waals surface area contributed by atoms with Crippen molar-refractivity contribution < 1.29 is 4.79 Å². The molecule has 3 N–H and O–H groups in total. The molecule has 1 amide bonds. The lowest BCUT2D eigenvalue weighted by Crippen LogP contribution is -2.35. The first kappa shape index (κ1) is 12.7. The minimum absolute atomic E-state index is 0.0772. The summed E-state index contributed by atoms with van der Waals surface area (Å²) in [6.07, 6.45) is 1.88. The molecule has 0 aliphatic carbocycles. The van der Waals surface area contributed by atoms with Crippen molar-refractivity contribution in [2.75, 3.05) is 28.8 Å². The molecule has 20 heavy (non-hydrogen) atoms. The van der Waals surface area contributed by atoms with E-state index in [0.29, 0.717) is 16.8 Å². The van der Waals surface area contributed by atoms with Crippen molar-refractivity contribution in [3.05, 3.63) is 30.3 Å². The number of hydrogen-bond acceptors (Lipinski definition) is 6. The topological polar surface area (TPSA) is 84.1 Å². The monoisotopic (exact) mass is 287 g/mol. The Morgan fingerprint density at radius 3 is 2.95 bits per heavy atom. The van der Waals surface area contributed by atoms with Crippen LogP contribution in [0.1, 0.15) is 0 Å². The summed E-state index contributed by atoms with van der Waals surface area (Å²) in [6.45, 7) is 0.210. The Morgan fingerprint density at radius 1 is 1.35 bits per heavy atom. The molecule has 1 aliphatic rings. The number of fused-ring (bicyclic) bond motifs is 1. The highest BCUT2D eigenvalue weighted by Gasteiger charge is 2.24. The van der Waals surface area contributed by atoms with Gasteiger partial charge in [-0.1, -0.05) is 23.9 Å². The fourth-order valence-corrected chi connectivity index (χ4v) is 2.48. The summed E-state index contributed by atoms with van der Waals surface area (Å²) >= 11 is 1.41. The van der Waals surface area contributed by atoms with Crippen molar-refractivity contribution in [3.63, 3.8) is 0 Å². The smallest absolute Gasteiger partial charge is 0.244 e. The van der Waals surface area contributed by atoms with Crippen LogP contribution in [0.25, 0.3) is 0 Å². The van der Waals surface area contributed by atoms with Crippen LogP contribution in [0.5, 0.6) is 0 Å². The van der Waals surface area contributed by atoms with E-state index in [2.05, 4.69) is 15.3 Å². The predicted molar refractivity (Wildman–Crippen MR) is 80.3 cm³/mol. The molecule has 2 aromatic rings. The summed E-state index contributed by atoms with van der Waals surface area (Å²) in [7, 11) is 0. The molecule has 1 aromatic heterocycles. The van der Waals surface area contributed by atoms with Gasteiger partial charge in [-0.2, -0.15) is 0 Å². The van der Waals surface area contributed by atoms with E-state index in [0.717, 1.165) is 11.4 Å². The van der Waals surface area contributed by atoms with Crippen LogP contribution in [0.15, 0.2) is 35.5 Å². The molecule has 1 aromatic carbocycles. The first-order chi connectivity index (χ1) is 9.67. The molecule has 7 heteroatoms. The van der Waals surface area contributed by atoms with Crippen molar-refractivity contribution in [2.45, 2.75) is 5.16 Å². The van der Waals surface area contributed by atoms with Crippen LogP contribution in [-0.4, -0.2) is 28.7 Å². The van der Waals surface area contributed by atoms with E-state index in [1.807, 2.05) is 35.4 Å². The standard InChI is InChI=1S/C13H13N5OS/c1-20-13-16-10(14)6-11(17-13)18-7-12(19)15-8-4-2-3-5-9(8)18/h2-6H,7H2,1H3,(H,15,19)(H2,14,16,17). The fourth-order valence-electron chi connectivity index (χ4n) is 2.10. The quantitative estimate of drug-likeness (QED) is 0.648. The van der Waals surface area contributed by atoms with E-state index >= 15 is 0 Å². The summed E-state index contributed by atoms with van der Waals surface area (Å²) in [5.41, 5.74) is 7.47. The van der Waals surface area contributed by atoms with Crippen LogP contribution < -0.4 is 16.0 Å². The third kappa shape index (κ3) is 2.27. The van der Waals surface area contributed by atoms with Gasteiger partial charge in [0.1, 0.15) is 18.2 Å². The molecule has 0 radical (unpaired) electrons. The molecule has 2 heterocycles. The SMILES string of the molecule is CSc1nc(N)cc(N2CC(=O)Nc3ccccc32)n1. The van der Waals surface area contributed by atoms with Crippen LogP contribution in [0.3, 0.4) is 0 Å². The number of benzene rings is 1. The average Bonchev–Trinajstić information content (AvgIpc) is 2.45. The van der Waals surface area contributed by atoms with Crippen molar-refractivity contribution in [2.24, 2.45) is 0 Å². The van der Waals surface area contributed by atoms with Gasteiger partial charge in [0.2, 0.25) is 5.91 Å². The number of anilines is 4. The summed E-state index contributed by atoms with van der Waals surface area (Å²) in [4.78, 5) is 22.2. The Kier molecular flexibility index (Phi) is 3.19. The Hall–Kier alpha value is -2.28. The van der Waals surface area contributed by atoms with E-state index in [-0.39, 0.29) is 12.5 Å². The molecule has 0 saturated carbocycles. The number of aromatic nitrogens is 2. The third-order valence-electron chi connectivity index (χ3n) is 2.94. The maximum atomic E-state index is 11.8. The number of hydrogen-bond donors (Lipinski definition) is 2. The van der Waals surface area contributed by atoms with E-state index in [1.54, 1.807) is 6.07 Å². The Morgan fingerprint density at radius 2 is 2.15 bits per heavy atom. The summed E-state index contributed by atoms with van der Waals surface area (Å²) in [6, 6.07) is 9.27. The highest BCUT2D eigenvalue weighted by molar-refractivity contribution is 7.98. The number of rotatable bonds is 2. The number of nitrogens with two attached hydrogens (primary N) is 1. The van der Waals surface area contributed by atoms with Crippen LogP contribution in [0.2, 0.25) is 0 Å². The largest absolute Gasteiger partial charge is 0.383 e. The molecular formula is C13H13N5OS. The molecule has 0 atom stereocenters. The van der Waals surface area contributed by atoms with E-state index < -0.39 is 0 Å². The van der Waals surface area contributed by atoms with Gasteiger partial charge in [-0.25, -0.2) is 9.97 Å². The number of para-hydroxylation sites is 2. The van der Waals surface area contributed by atoms with Crippen LogP contribution in [-0.2, 0) is 4.79 Å². The van der Waals surface area contributed by atoms with E-state index in [9.17, 15) is 4.79 Å². The molecular weight excluding hydrogens is 274 g/mol. The van der Waals surface area contributed by atoms with Crippen molar-refractivity contribution in [3.8, 4) is 0 Å². The zero-order valence-electron chi connectivity index (χ0n) is 10.8. The molecule has 3 rings (SSSR count). The van der Waals surface area contributed by atoms with Crippen LogP contribution >= 0.6 is 11.8 Å². The van der Waals surface area contributed by atoms with Gasteiger partial charge in [0.15, 0.2) is 5.16 Å². The van der Waals surface area contributed by atoms with Gasteiger partial charge in [-0.05, 0) is 18.4 Å². The Balaban J connectivity index is 2.10. The minimum atomic E-state index is -0.0772. The lowest BCUT2D eigenvalue weighted by Gasteiger charge is -2.30. The lowest BCUT2D eigenvalue weighted by atomic mass is 10.2. The molecule has 6 nitrogen and oxygen atoms in total. The van der Waals surface area contributed by atoms with Crippen molar-refractivity contribution >= 4 is 40.7 Å². The zero-order chi connectivity index (χ0) is 14.1. The first-order valence-electron chi connectivity index (χ1n) is 6.02. The number of nitrogen functional groups attached to an aromatic ring is 1. The second kappa shape index (κ2) is 5.01. The second-order valence-corrected chi connectivity index (χ2v) is 5.06. The maximum Gasteiger partial charge on any atom is 0.244 e. The molecule has 102 valence electrons. The molecule has 0 unspecified atom stereocenters. The molecule has 0 spiro atoms. The Labute approximate surface area is 120 Å². The van der Waals surface area contributed by atoms with Crippen molar-refractivity contribution in [1.29, 1.82) is 0 Å². The van der Waals surface area contributed by atoms with Crippen LogP contribution in [0, 0.1) is 0 Å². The molecule has 0 saturated heterocycles. The number of nitrogens with zero attached hydrogens (tertiary/aromatic N) is 3. The average molecular weight is 287 g/mol. The highest BCUT2D eigenvalue weighted by Crippen LogP contribution is 2.34. The Bertz CT molecular complexity index is 676. The van der Waals surface area contributed by atoms with Gasteiger partial charge < -0.3 is 16.0 Å². The number of thioether (sulfide) groups is 1. The van der Waals surface area contributed by atoms with Gasteiger partial charge >= 0.3 is 0 Å². The number of carbonyl (C=O) groups is 1. The summed E-state index contributed by atoms with van der Waals surface area (Å²) in [5, 5.41) is 3.43. The van der Waals surface area contributed by atoms with Gasteiger partial charge in [0.05, 0.1) is 11.4 Å². The number of nitrogens with one attached hydrogen (secondary N) is 1. The van der Waals surface area contributed by atoms with Gasteiger partial charge in [0.25, 0.3) is 0 Å². The second-order valence-electron chi connectivity index (χ2n) is 4.29. The number of amides is 1. The van der Waals surface area contributed by atoms with Gasteiger partial charge in [-0.15, -0.1) is 0 Å². The minimum Gasteiger partial charge on any atom is -0.383 e. The van der Waals surface area contributed by atoms with Gasteiger partial charge in [0, 0.05) is 6.07 Å². The fraction of sp³-hybridized carbons (Fsp3) is 0.154. The molecule has 0 fully saturated rings. The maximum absolute atomic E-state index is 11.8. The van der Waals surface area contributed by atoms with E-state index in [4.69, 9.17) is 5.73 Å². The predicted octanol–water partition coefficient (Wildman–Crippen LogP) is 1.87. The van der Waals surface area contributed by atoms with Crippen molar-refractivity contribution in [1.82, 2.24) is 9.97 Å². The highest BCUT2D eigenvalue weighted by atomic mass is 32.2. The van der Waals surface area contributed by atoms with E-state index in [1.165, 1.54) is 11.8 Å². The molecule has 0 bridgehead atoms.